The number of halogens is 1. The van der Waals surface area contributed by atoms with Gasteiger partial charge in [0, 0.05) is 17.3 Å². The van der Waals surface area contributed by atoms with Crippen molar-refractivity contribution in [2.45, 2.75) is 17.6 Å². The number of amides is 1. The summed E-state index contributed by atoms with van der Waals surface area (Å²) in [6, 6.07) is 16.3. The van der Waals surface area contributed by atoms with Crippen molar-refractivity contribution >= 4 is 45.0 Å². The summed E-state index contributed by atoms with van der Waals surface area (Å²) in [4.78, 5) is 12.7. The Bertz CT molecular complexity index is 1140. The molecule has 1 aromatic heterocycles. The Morgan fingerprint density at radius 1 is 1.12 bits per heavy atom. The number of benzene rings is 2. The highest BCUT2D eigenvalue weighted by Gasteiger charge is 2.29. The standard InChI is InChI=1S/C23H25ClN2O5S2/c1-2-30-22-8-4-3-7-21(22)26(33(28,29)20-11-9-18(24)10-12-20)16-23(27)25-13-15-32-17-19-6-5-14-31-19/h3-12,14H,2,13,15-17H2,1H3,(H,25,27). The fourth-order valence-corrected chi connectivity index (χ4v) is 5.30. The van der Waals surface area contributed by atoms with Crippen molar-refractivity contribution in [1.82, 2.24) is 5.32 Å². The number of furan rings is 1. The molecule has 0 aliphatic heterocycles. The van der Waals surface area contributed by atoms with E-state index in [0.717, 1.165) is 10.1 Å². The van der Waals surface area contributed by atoms with Crippen LogP contribution >= 0.6 is 23.4 Å². The van der Waals surface area contributed by atoms with Gasteiger partial charge in [-0.05, 0) is 55.5 Å². The van der Waals surface area contributed by atoms with Gasteiger partial charge in [0.05, 0.1) is 29.2 Å². The molecule has 1 heterocycles. The van der Waals surface area contributed by atoms with Crippen LogP contribution in [-0.2, 0) is 20.6 Å². The monoisotopic (exact) mass is 508 g/mol. The van der Waals surface area contributed by atoms with Crippen molar-refractivity contribution in [2.24, 2.45) is 0 Å². The lowest BCUT2D eigenvalue weighted by Gasteiger charge is -2.26. The van der Waals surface area contributed by atoms with E-state index in [0.29, 0.717) is 35.4 Å². The highest BCUT2D eigenvalue weighted by Crippen LogP contribution is 2.32. The molecular formula is C23H25ClN2O5S2. The van der Waals surface area contributed by atoms with Crippen LogP contribution in [0, 0.1) is 0 Å². The van der Waals surface area contributed by atoms with Crippen LogP contribution in [0.15, 0.2) is 76.2 Å². The Hall–Kier alpha value is -2.62. The van der Waals surface area contributed by atoms with Crippen LogP contribution in [0.4, 0.5) is 5.69 Å². The zero-order valence-corrected chi connectivity index (χ0v) is 20.5. The van der Waals surface area contributed by atoms with Crippen molar-refractivity contribution < 1.29 is 22.4 Å². The minimum Gasteiger partial charge on any atom is -0.492 e. The van der Waals surface area contributed by atoms with E-state index in [4.69, 9.17) is 20.8 Å². The first-order valence-corrected chi connectivity index (χ1v) is 13.3. The molecule has 10 heteroatoms. The predicted molar refractivity (Wildman–Crippen MR) is 131 cm³/mol. The summed E-state index contributed by atoms with van der Waals surface area (Å²) in [7, 11) is -4.06. The third-order valence-corrected chi connectivity index (χ3v) is 7.52. The number of nitrogens with zero attached hydrogens (tertiary/aromatic N) is 1. The summed E-state index contributed by atoms with van der Waals surface area (Å²) >= 11 is 7.53. The first-order valence-electron chi connectivity index (χ1n) is 10.3. The smallest absolute Gasteiger partial charge is 0.264 e. The topological polar surface area (TPSA) is 88.8 Å². The molecule has 0 spiro atoms. The predicted octanol–water partition coefficient (Wildman–Crippen LogP) is 4.58. The van der Waals surface area contributed by atoms with Crippen molar-refractivity contribution in [3.8, 4) is 5.75 Å². The zero-order chi connectivity index (χ0) is 23.7. The lowest BCUT2D eigenvalue weighted by atomic mass is 10.3. The van der Waals surface area contributed by atoms with Crippen LogP contribution in [0.5, 0.6) is 5.75 Å². The molecular weight excluding hydrogens is 484 g/mol. The van der Waals surface area contributed by atoms with Gasteiger partial charge in [0.25, 0.3) is 10.0 Å². The lowest BCUT2D eigenvalue weighted by Crippen LogP contribution is -2.41. The van der Waals surface area contributed by atoms with Crippen LogP contribution in [-0.4, -0.2) is 39.8 Å². The fraction of sp³-hybridized carbons (Fsp3) is 0.261. The number of hydrogen-bond donors (Lipinski definition) is 1. The molecule has 1 N–H and O–H groups in total. The first kappa shape index (κ1) is 25.0. The number of nitrogens with one attached hydrogen (secondary N) is 1. The Balaban J connectivity index is 1.74. The highest BCUT2D eigenvalue weighted by molar-refractivity contribution is 7.98. The molecule has 0 saturated heterocycles. The molecule has 0 aliphatic rings. The van der Waals surface area contributed by atoms with Gasteiger partial charge >= 0.3 is 0 Å². The number of anilines is 1. The summed E-state index contributed by atoms with van der Waals surface area (Å²) in [6.07, 6.45) is 1.62. The minimum atomic E-state index is -4.06. The Kier molecular flexibility index (Phi) is 9.11. The number of carbonyl (C=O) groups excluding carboxylic acids is 1. The largest absolute Gasteiger partial charge is 0.492 e. The summed E-state index contributed by atoms with van der Waals surface area (Å²) in [5.41, 5.74) is 0.289. The Morgan fingerprint density at radius 3 is 2.58 bits per heavy atom. The second kappa shape index (κ2) is 12.0. The van der Waals surface area contributed by atoms with E-state index in [-0.39, 0.29) is 10.6 Å². The van der Waals surface area contributed by atoms with Gasteiger partial charge in [0.1, 0.15) is 18.1 Å². The number of para-hydroxylation sites is 2. The van der Waals surface area contributed by atoms with Gasteiger partial charge in [-0.1, -0.05) is 23.7 Å². The molecule has 3 rings (SSSR count). The number of carbonyl (C=O) groups is 1. The van der Waals surface area contributed by atoms with E-state index in [9.17, 15) is 13.2 Å². The molecule has 0 fully saturated rings. The zero-order valence-electron chi connectivity index (χ0n) is 18.1. The molecule has 3 aromatic rings. The summed E-state index contributed by atoms with van der Waals surface area (Å²) in [5, 5.41) is 3.21. The van der Waals surface area contributed by atoms with E-state index in [1.807, 2.05) is 19.1 Å². The van der Waals surface area contributed by atoms with E-state index in [2.05, 4.69) is 5.32 Å². The highest BCUT2D eigenvalue weighted by atomic mass is 35.5. The third kappa shape index (κ3) is 6.93. The van der Waals surface area contributed by atoms with Crippen molar-refractivity contribution in [1.29, 1.82) is 0 Å². The van der Waals surface area contributed by atoms with Gasteiger partial charge in [0.15, 0.2) is 0 Å². The van der Waals surface area contributed by atoms with Gasteiger partial charge in [0.2, 0.25) is 5.91 Å². The van der Waals surface area contributed by atoms with Gasteiger partial charge < -0.3 is 14.5 Å². The van der Waals surface area contributed by atoms with Crippen LogP contribution in [0.1, 0.15) is 12.7 Å². The maximum absolute atomic E-state index is 13.5. The molecule has 0 aliphatic carbocycles. The number of sulfonamides is 1. The number of ether oxygens (including phenoxy) is 1. The van der Waals surface area contributed by atoms with Crippen molar-refractivity contribution in [2.75, 3.05) is 29.8 Å². The summed E-state index contributed by atoms with van der Waals surface area (Å²) in [5.74, 6) is 2.17. The lowest BCUT2D eigenvalue weighted by molar-refractivity contribution is -0.119. The summed E-state index contributed by atoms with van der Waals surface area (Å²) in [6.45, 7) is 2.16. The molecule has 33 heavy (non-hydrogen) atoms. The molecule has 0 bridgehead atoms. The molecule has 176 valence electrons. The van der Waals surface area contributed by atoms with Crippen LogP contribution in [0.3, 0.4) is 0 Å². The van der Waals surface area contributed by atoms with E-state index in [1.54, 1.807) is 42.3 Å². The average Bonchev–Trinajstić information content (AvgIpc) is 3.32. The second-order valence-electron chi connectivity index (χ2n) is 6.85. The van der Waals surface area contributed by atoms with E-state index < -0.39 is 22.5 Å². The Morgan fingerprint density at radius 2 is 1.88 bits per heavy atom. The van der Waals surface area contributed by atoms with E-state index >= 15 is 0 Å². The second-order valence-corrected chi connectivity index (χ2v) is 10.3. The van der Waals surface area contributed by atoms with Crippen LogP contribution < -0.4 is 14.4 Å². The Labute approximate surface area is 203 Å². The molecule has 2 aromatic carbocycles. The average molecular weight is 509 g/mol. The molecule has 0 unspecified atom stereocenters. The molecule has 0 atom stereocenters. The van der Waals surface area contributed by atoms with Crippen molar-refractivity contribution in [3.63, 3.8) is 0 Å². The molecule has 1 amide bonds. The number of hydrogen-bond acceptors (Lipinski definition) is 6. The number of thioether (sulfide) groups is 1. The minimum absolute atomic E-state index is 0.0278. The maximum atomic E-state index is 13.5. The normalized spacial score (nSPS) is 11.2. The first-order chi connectivity index (χ1) is 15.9. The van der Waals surface area contributed by atoms with Crippen LogP contribution in [0.2, 0.25) is 5.02 Å². The van der Waals surface area contributed by atoms with Gasteiger partial charge in [-0.2, -0.15) is 11.8 Å². The van der Waals surface area contributed by atoms with Gasteiger partial charge in [-0.25, -0.2) is 8.42 Å². The van der Waals surface area contributed by atoms with Crippen LogP contribution in [0.25, 0.3) is 0 Å². The van der Waals surface area contributed by atoms with Crippen molar-refractivity contribution in [3.05, 3.63) is 77.7 Å². The van der Waals surface area contributed by atoms with E-state index in [1.165, 1.54) is 24.3 Å². The maximum Gasteiger partial charge on any atom is 0.264 e. The van der Waals surface area contributed by atoms with Gasteiger partial charge in [-0.15, -0.1) is 0 Å². The summed E-state index contributed by atoms with van der Waals surface area (Å²) < 4.78 is 38.9. The van der Waals surface area contributed by atoms with Gasteiger partial charge in [-0.3, -0.25) is 9.10 Å². The quantitative estimate of drug-likeness (QED) is 0.360. The molecule has 0 radical (unpaired) electrons. The fourth-order valence-electron chi connectivity index (χ4n) is 2.99. The molecule has 0 saturated carbocycles. The third-order valence-electron chi connectivity index (χ3n) is 4.52. The molecule has 7 nitrogen and oxygen atoms in total. The SMILES string of the molecule is CCOc1ccccc1N(CC(=O)NCCSCc1ccco1)S(=O)(=O)c1ccc(Cl)cc1. The number of rotatable bonds is 12.